The van der Waals surface area contributed by atoms with Gasteiger partial charge in [0.05, 0.1) is 11.7 Å². The summed E-state index contributed by atoms with van der Waals surface area (Å²) in [5.74, 6) is 0.584. The molecule has 2 unspecified atom stereocenters. The minimum Gasteiger partial charge on any atom is -0.376 e. The molecule has 0 saturated heterocycles. The van der Waals surface area contributed by atoms with Crippen molar-refractivity contribution in [2.45, 2.75) is 19.4 Å². The maximum absolute atomic E-state index is 4.26. The molecule has 17 heavy (non-hydrogen) atoms. The Balaban J connectivity index is 1.97. The van der Waals surface area contributed by atoms with E-state index < -0.39 is 0 Å². The van der Waals surface area contributed by atoms with Crippen LogP contribution in [0.25, 0.3) is 0 Å². The fraction of sp³-hybridized carbons (Fsp3) is 0.357. The van der Waals surface area contributed by atoms with Gasteiger partial charge in [0.2, 0.25) is 0 Å². The third-order valence-corrected chi connectivity index (χ3v) is 3.62. The van der Waals surface area contributed by atoms with E-state index in [1.165, 1.54) is 16.9 Å². The molecular formula is C14H17N3. The fourth-order valence-electron chi connectivity index (χ4n) is 2.67. The minimum atomic E-state index is 0.359. The van der Waals surface area contributed by atoms with E-state index >= 15 is 0 Å². The minimum absolute atomic E-state index is 0.359. The molecule has 88 valence electrons. The predicted octanol–water partition coefficient (Wildman–Crippen LogP) is 2.77. The summed E-state index contributed by atoms with van der Waals surface area (Å²) in [4.78, 5) is 0. The van der Waals surface area contributed by atoms with Crippen molar-refractivity contribution in [2.75, 3.05) is 5.32 Å². The van der Waals surface area contributed by atoms with Crippen molar-refractivity contribution in [1.29, 1.82) is 0 Å². The van der Waals surface area contributed by atoms with Gasteiger partial charge in [-0.3, -0.25) is 4.68 Å². The number of nitrogens with one attached hydrogen (secondary N) is 1. The summed E-state index contributed by atoms with van der Waals surface area (Å²) in [7, 11) is 2.00. The predicted molar refractivity (Wildman–Crippen MR) is 68.9 cm³/mol. The van der Waals surface area contributed by atoms with Gasteiger partial charge >= 0.3 is 0 Å². The molecule has 1 aliphatic rings. The number of hydrogen-bond acceptors (Lipinski definition) is 2. The van der Waals surface area contributed by atoms with Crippen molar-refractivity contribution in [1.82, 2.24) is 9.78 Å². The van der Waals surface area contributed by atoms with E-state index in [4.69, 9.17) is 0 Å². The van der Waals surface area contributed by atoms with Gasteiger partial charge in [-0.15, -0.1) is 0 Å². The van der Waals surface area contributed by atoms with Crippen LogP contribution in [-0.2, 0) is 13.5 Å². The average molecular weight is 227 g/mol. The first kappa shape index (κ1) is 10.4. The average Bonchev–Trinajstić information content (AvgIpc) is 2.74. The standard InChI is InChI=1S/C14H17N3/c1-10-9-11-5-3-4-6-12(11)16-14(10)13-7-8-15-17(13)2/h3-8,10,14,16H,9H2,1-2H3. The Hall–Kier alpha value is -1.77. The second kappa shape index (κ2) is 3.91. The van der Waals surface area contributed by atoms with Crippen molar-refractivity contribution in [3.63, 3.8) is 0 Å². The lowest BCUT2D eigenvalue weighted by Gasteiger charge is -2.32. The van der Waals surface area contributed by atoms with Crippen LogP contribution in [0, 0.1) is 5.92 Å². The normalized spacial score (nSPS) is 22.9. The number of para-hydroxylation sites is 1. The Morgan fingerprint density at radius 2 is 2.12 bits per heavy atom. The van der Waals surface area contributed by atoms with Gasteiger partial charge in [-0.25, -0.2) is 0 Å². The number of fused-ring (bicyclic) bond motifs is 1. The fourth-order valence-corrected chi connectivity index (χ4v) is 2.67. The number of aryl methyl sites for hydroxylation is 1. The molecule has 1 aromatic heterocycles. The monoisotopic (exact) mass is 227 g/mol. The van der Waals surface area contributed by atoms with Gasteiger partial charge in [0, 0.05) is 18.9 Å². The van der Waals surface area contributed by atoms with E-state index in [0.29, 0.717) is 12.0 Å². The summed E-state index contributed by atoms with van der Waals surface area (Å²) in [5, 5.41) is 7.89. The summed E-state index contributed by atoms with van der Waals surface area (Å²) in [5.41, 5.74) is 3.93. The van der Waals surface area contributed by atoms with E-state index in [9.17, 15) is 0 Å². The molecule has 0 amide bonds. The van der Waals surface area contributed by atoms with E-state index in [1.807, 2.05) is 17.9 Å². The molecule has 0 saturated carbocycles. The molecule has 0 radical (unpaired) electrons. The highest BCUT2D eigenvalue weighted by molar-refractivity contribution is 5.54. The highest BCUT2D eigenvalue weighted by Crippen LogP contribution is 2.35. The Kier molecular flexibility index (Phi) is 2.39. The van der Waals surface area contributed by atoms with Crippen LogP contribution >= 0.6 is 0 Å². The molecule has 2 aromatic rings. The summed E-state index contributed by atoms with van der Waals surface area (Å²) >= 11 is 0. The van der Waals surface area contributed by atoms with Gasteiger partial charge in [0.15, 0.2) is 0 Å². The van der Waals surface area contributed by atoms with Gasteiger partial charge in [-0.2, -0.15) is 5.10 Å². The lowest BCUT2D eigenvalue weighted by molar-refractivity contribution is 0.454. The molecular weight excluding hydrogens is 210 g/mol. The Morgan fingerprint density at radius 1 is 1.29 bits per heavy atom. The van der Waals surface area contributed by atoms with Crippen LogP contribution in [0.15, 0.2) is 36.5 Å². The quantitative estimate of drug-likeness (QED) is 0.812. The highest BCUT2D eigenvalue weighted by atomic mass is 15.3. The first-order valence-corrected chi connectivity index (χ1v) is 6.08. The summed E-state index contributed by atoms with van der Waals surface area (Å²) in [6.45, 7) is 2.29. The molecule has 2 atom stereocenters. The van der Waals surface area contributed by atoms with Crippen LogP contribution in [0.4, 0.5) is 5.69 Å². The molecule has 3 rings (SSSR count). The van der Waals surface area contributed by atoms with Crippen LogP contribution in [0.5, 0.6) is 0 Å². The SMILES string of the molecule is CC1Cc2ccccc2NC1c1ccnn1C. The van der Waals surface area contributed by atoms with Crippen molar-refractivity contribution in [3.8, 4) is 0 Å². The van der Waals surface area contributed by atoms with Gasteiger partial charge in [-0.1, -0.05) is 25.1 Å². The number of benzene rings is 1. The molecule has 1 aliphatic heterocycles. The van der Waals surface area contributed by atoms with E-state index in [1.54, 1.807) is 0 Å². The van der Waals surface area contributed by atoms with Gasteiger partial charge in [0.25, 0.3) is 0 Å². The molecule has 3 heteroatoms. The van der Waals surface area contributed by atoms with Crippen molar-refractivity contribution in [3.05, 3.63) is 47.8 Å². The van der Waals surface area contributed by atoms with Gasteiger partial charge in [-0.05, 0) is 30.0 Å². The molecule has 0 aliphatic carbocycles. The maximum atomic E-state index is 4.26. The molecule has 0 spiro atoms. The lowest BCUT2D eigenvalue weighted by atomic mass is 9.87. The first-order chi connectivity index (χ1) is 8.25. The Morgan fingerprint density at radius 3 is 2.88 bits per heavy atom. The molecule has 3 nitrogen and oxygen atoms in total. The Bertz CT molecular complexity index is 530. The zero-order valence-electron chi connectivity index (χ0n) is 10.2. The second-order valence-corrected chi connectivity index (χ2v) is 4.84. The van der Waals surface area contributed by atoms with Crippen LogP contribution in [0.2, 0.25) is 0 Å². The summed E-state index contributed by atoms with van der Waals surface area (Å²) < 4.78 is 1.96. The van der Waals surface area contributed by atoms with Gasteiger partial charge in [0.1, 0.15) is 0 Å². The zero-order chi connectivity index (χ0) is 11.8. The van der Waals surface area contributed by atoms with Crippen molar-refractivity contribution in [2.24, 2.45) is 13.0 Å². The largest absolute Gasteiger partial charge is 0.376 e. The molecule has 1 aromatic carbocycles. The van der Waals surface area contributed by atoms with Crippen LogP contribution in [0.1, 0.15) is 24.2 Å². The molecule has 1 N–H and O–H groups in total. The second-order valence-electron chi connectivity index (χ2n) is 4.84. The number of nitrogens with zero attached hydrogens (tertiary/aromatic N) is 2. The number of anilines is 1. The van der Waals surface area contributed by atoms with E-state index in [-0.39, 0.29) is 0 Å². The summed E-state index contributed by atoms with van der Waals surface area (Å²) in [6.07, 6.45) is 2.99. The smallest absolute Gasteiger partial charge is 0.0710 e. The molecule has 0 fully saturated rings. The number of hydrogen-bond donors (Lipinski definition) is 1. The van der Waals surface area contributed by atoms with Gasteiger partial charge < -0.3 is 5.32 Å². The van der Waals surface area contributed by atoms with E-state index in [0.717, 1.165) is 6.42 Å². The van der Waals surface area contributed by atoms with Crippen LogP contribution in [-0.4, -0.2) is 9.78 Å². The van der Waals surface area contributed by atoms with Crippen molar-refractivity contribution < 1.29 is 0 Å². The molecule has 2 heterocycles. The lowest BCUT2D eigenvalue weighted by Crippen LogP contribution is -2.27. The topological polar surface area (TPSA) is 29.9 Å². The maximum Gasteiger partial charge on any atom is 0.0710 e. The van der Waals surface area contributed by atoms with Crippen molar-refractivity contribution >= 4 is 5.69 Å². The zero-order valence-corrected chi connectivity index (χ0v) is 10.2. The van der Waals surface area contributed by atoms with Crippen LogP contribution < -0.4 is 5.32 Å². The van der Waals surface area contributed by atoms with E-state index in [2.05, 4.69) is 47.7 Å². The highest BCUT2D eigenvalue weighted by Gasteiger charge is 2.27. The van der Waals surface area contributed by atoms with Crippen LogP contribution in [0.3, 0.4) is 0 Å². The number of rotatable bonds is 1. The third kappa shape index (κ3) is 1.71. The first-order valence-electron chi connectivity index (χ1n) is 6.08. The third-order valence-electron chi connectivity index (χ3n) is 3.62. The number of aromatic nitrogens is 2. The Labute approximate surface area is 101 Å². The molecule has 0 bridgehead atoms. The summed E-state index contributed by atoms with van der Waals surface area (Å²) in [6, 6.07) is 11.0.